The van der Waals surface area contributed by atoms with Crippen LogP contribution in [0.2, 0.25) is 0 Å². The number of hydrogen-bond acceptors (Lipinski definition) is 0. The predicted octanol–water partition coefficient (Wildman–Crippen LogP) is 3.35. The first-order chi connectivity index (χ1) is 5.97. The smallest absolute Gasteiger partial charge is 0.0622 e. The van der Waals surface area contributed by atoms with Gasteiger partial charge in [0.1, 0.15) is 0 Å². The third-order valence-corrected chi connectivity index (χ3v) is 1.88. The van der Waals surface area contributed by atoms with Crippen molar-refractivity contribution < 1.29 is 19.5 Å². The first-order valence-corrected chi connectivity index (χ1v) is 4.07. The molecule has 0 radical (unpaired) electrons. The molecule has 0 heterocycles. The molecule has 0 N–H and O–H groups in total. The van der Waals surface area contributed by atoms with E-state index < -0.39 is 0 Å². The molecule has 0 atom stereocenters. The van der Waals surface area contributed by atoms with Gasteiger partial charge < -0.3 is 0 Å². The molecule has 0 aliphatic rings. The molecule has 0 unspecified atom stereocenters. The van der Waals surface area contributed by atoms with Crippen molar-refractivity contribution in [2.75, 3.05) is 0 Å². The molecule has 0 nitrogen and oxygen atoms in total. The van der Waals surface area contributed by atoms with Crippen LogP contribution in [0.25, 0.3) is 11.1 Å². The van der Waals surface area contributed by atoms with Crippen LogP contribution in [0.4, 0.5) is 0 Å². The van der Waals surface area contributed by atoms with Gasteiger partial charge in [0.05, 0.1) is 0 Å². The third-order valence-electron chi connectivity index (χ3n) is 1.88. The second-order valence-corrected chi connectivity index (χ2v) is 2.73. The average molecular weight is 255 g/mol. The van der Waals surface area contributed by atoms with Gasteiger partial charge in [0.15, 0.2) is 0 Å². The minimum Gasteiger partial charge on any atom is -0.0622 e. The van der Waals surface area contributed by atoms with Crippen molar-refractivity contribution in [3.05, 3.63) is 60.7 Å². The molecule has 0 aliphatic heterocycles. The van der Waals surface area contributed by atoms with Gasteiger partial charge in [0.2, 0.25) is 0 Å². The van der Waals surface area contributed by atoms with E-state index in [1.54, 1.807) is 0 Å². The molecule has 13 heavy (non-hydrogen) atoms. The molecule has 2 aromatic carbocycles. The minimum absolute atomic E-state index is 0. The number of hydrogen-bond donors (Lipinski definition) is 0. The summed E-state index contributed by atoms with van der Waals surface area (Å²) < 4.78 is 0. The van der Waals surface area contributed by atoms with Gasteiger partial charge in [-0.05, 0) is 11.1 Å². The summed E-state index contributed by atoms with van der Waals surface area (Å²) in [4.78, 5) is 0. The fourth-order valence-corrected chi connectivity index (χ4v) is 1.26. The van der Waals surface area contributed by atoms with Crippen molar-refractivity contribution >= 4 is 0 Å². The molecule has 0 bridgehead atoms. The Bertz CT molecular complexity index is 303. The molecule has 0 aromatic heterocycles. The van der Waals surface area contributed by atoms with Gasteiger partial charge in [0, 0.05) is 0 Å². The Hall–Kier alpha value is -0.937. The van der Waals surface area contributed by atoms with Gasteiger partial charge in [-0.3, -0.25) is 0 Å². The summed E-state index contributed by atoms with van der Waals surface area (Å²) in [6.07, 6.45) is 0. The van der Waals surface area contributed by atoms with Crippen molar-refractivity contribution in [1.82, 2.24) is 0 Å². The topological polar surface area (TPSA) is 0 Å². The summed E-state index contributed by atoms with van der Waals surface area (Å²) in [5.74, 6) is 0. The van der Waals surface area contributed by atoms with E-state index in [-0.39, 0.29) is 19.5 Å². The molecular weight excluding hydrogens is 245 g/mol. The maximum absolute atomic E-state index is 2.12. The summed E-state index contributed by atoms with van der Waals surface area (Å²) in [5, 5.41) is 0. The molecule has 2 rings (SSSR count). The Morgan fingerprint density at radius 3 is 1.08 bits per heavy atom. The SMILES string of the molecule is [Ru+2].c1ccc(-c2ccccc2)cc1. The van der Waals surface area contributed by atoms with E-state index in [0.717, 1.165) is 0 Å². The van der Waals surface area contributed by atoms with Crippen LogP contribution in [0.1, 0.15) is 0 Å². The Labute approximate surface area is 91.4 Å². The van der Waals surface area contributed by atoms with Crippen LogP contribution in [0.15, 0.2) is 60.7 Å². The maximum Gasteiger partial charge on any atom is 2.00 e. The molecule has 0 fully saturated rings. The van der Waals surface area contributed by atoms with E-state index in [9.17, 15) is 0 Å². The van der Waals surface area contributed by atoms with E-state index in [2.05, 4.69) is 48.5 Å². The molecule has 0 saturated heterocycles. The molecule has 1 heteroatoms. The number of benzene rings is 2. The Morgan fingerprint density at radius 2 is 0.769 bits per heavy atom. The minimum atomic E-state index is 0. The van der Waals surface area contributed by atoms with E-state index in [1.807, 2.05) is 12.1 Å². The summed E-state index contributed by atoms with van der Waals surface area (Å²) in [6.45, 7) is 0. The predicted molar refractivity (Wildman–Crippen MR) is 51.9 cm³/mol. The largest absolute Gasteiger partial charge is 2.00 e. The molecule has 0 amide bonds. The van der Waals surface area contributed by atoms with Crippen molar-refractivity contribution in [1.29, 1.82) is 0 Å². The normalized spacial score (nSPS) is 8.92. The molecular formula is C12H10Ru+2. The van der Waals surface area contributed by atoms with Crippen LogP contribution in [-0.4, -0.2) is 0 Å². The van der Waals surface area contributed by atoms with Gasteiger partial charge >= 0.3 is 19.5 Å². The fourth-order valence-electron chi connectivity index (χ4n) is 1.26. The van der Waals surface area contributed by atoms with Gasteiger partial charge in [0.25, 0.3) is 0 Å². The second kappa shape index (κ2) is 4.94. The fraction of sp³-hybridized carbons (Fsp3) is 0. The summed E-state index contributed by atoms with van der Waals surface area (Å²) in [6, 6.07) is 20.8. The van der Waals surface area contributed by atoms with Crippen molar-refractivity contribution in [2.24, 2.45) is 0 Å². The monoisotopic (exact) mass is 256 g/mol. The van der Waals surface area contributed by atoms with Crippen LogP contribution < -0.4 is 0 Å². The van der Waals surface area contributed by atoms with Gasteiger partial charge in [-0.25, -0.2) is 0 Å². The molecule has 0 spiro atoms. The Balaban J connectivity index is 0.000000845. The van der Waals surface area contributed by atoms with Gasteiger partial charge in [-0.1, -0.05) is 60.7 Å². The Morgan fingerprint density at radius 1 is 0.462 bits per heavy atom. The van der Waals surface area contributed by atoms with Crippen LogP contribution in [-0.2, 0) is 19.5 Å². The van der Waals surface area contributed by atoms with Crippen LogP contribution in [0, 0.1) is 0 Å². The first-order valence-electron chi connectivity index (χ1n) is 4.07. The van der Waals surface area contributed by atoms with E-state index in [0.29, 0.717) is 0 Å². The van der Waals surface area contributed by atoms with Crippen molar-refractivity contribution in [3.8, 4) is 11.1 Å². The maximum atomic E-state index is 2.12. The zero-order valence-corrected chi connectivity index (χ0v) is 8.87. The zero-order valence-electron chi connectivity index (χ0n) is 7.13. The van der Waals surface area contributed by atoms with Gasteiger partial charge in [-0.15, -0.1) is 0 Å². The van der Waals surface area contributed by atoms with E-state index in [1.165, 1.54) is 11.1 Å². The standard InChI is InChI=1S/C12H10.Ru/c1-3-7-11(8-4-1)12-9-5-2-6-10-12;/h1-10H;/q;+2. The van der Waals surface area contributed by atoms with Gasteiger partial charge in [-0.2, -0.15) is 0 Å². The summed E-state index contributed by atoms with van der Waals surface area (Å²) in [7, 11) is 0. The van der Waals surface area contributed by atoms with E-state index in [4.69, 9.17) is 0 Å². The Kier molecular flexibility index (Phi) is 3.85. The van der Waals surface area contributed by atoms with Crippen LogP contribution in [0.3, 0.4) is 0 Å². The van der Waals surface area contributed by atoms with Crippen LogP contribution in [0.5, 0.6) is 0 Å². The summed E-state index contributed by atoms with van der Waals surface area (Å²) in [5.41, 5.74) is 2.55. The quantitative estimate of drug-likeness (QED) is 0.685. The third kappa shape index (κ3) is 2.50. The van der Waals surface area contributed by atoms with Crippen molar-refractivity contribution in [3.63, 3.8) is 0 Å². The first kappa shape index (κ1) is 10.1. The average Bonchev–Trinajstić information content (AvgIpc) is 2.21. The molecule has 2 aromatic rings. The van der Waals surface area contributed by atoms with Crippen LogP contribution >= 0.6 is 0 Å². The molecule has 0 aliphatic carbocycles. The van der Waals surface area contributed by atoms with E-state index >= 15 is 0 Å². The number of rotatable bonds is 1. The second-order valence-electron chi connectivity index (χ2n) is 2.73. The van der Waals surface area contributed by atoms with Crippen molar-refractivity contribution in [2.45, 2.75) is 0 Å². The zero-order chi connectivity index (χ0) is 8.23. The molecule has 64 valence electrons. The summed E-state index contributed by atoms with van der Waals surface area (Å²) >= 11 is 0. The molecule has 0 saturated carbocycles.